The maximum Gasteiger partial charge on any atom is 0.00106 e. The Kier molecular flexibility index (Phi) is 7.04. The van der Waals surface area contributed by atoms with Gasteiger partial charge in [0.05, 0.1) is 0 Å². The molecule has 0 bridgehead atoms. The molecule has 1 nitrogen and oxygen atoms in total. The average Bonchev–Trinajstić information content (AvgIpc) is 2.38. The van der Waals surface area contributed by atoms with Gasteiger partial charge in [-0.05, 0) is 56.1 Å². The highest BCUT2D eigenvalue weighted by atomic mass is 14.6. The molecule has 1 heteroatoms. The molecule has 1 aromatic rings. The van der Waals surface area contributed by atoms with Gasteiger partial charge in [-0.2, -0.15) is 0 Å². The number of unbranched alkanes of at least 4 members (excludes halogenated alkanes) is 1. The molecule has 2 unspecified atom stereocenters. The van der Waals surface area contributed by atoms with Crippen LogP contribution in [0.5, 0.6) is 0 Å². The Morgan fingerprint density at radius 2 is 1.72 bits per heavy atom. The number of rotatable bonds is 8. The highest BCUT2D eigenvalue weighted by molar-refractivity contribution is 5.25. The third-order valence-corrected chi connectivity index (χ3v) is 3.73. The molecule has 102 valence electrons. The molecule has 0 heterocycles. The number of benzene rings is 1. The fraction of sp³-hybridized carbons (Fsp3) is 0.647. The third-order valence-electron chi connectivity index (χ3n) is 3.73. The molecule has 2 atom stereocenters. The van der Waals surface area contributed by atoms with Gasteiger partial charge in [0, 0.05) is 6.04 Å². The van der Waals surface area contributed by atoms with Crippen LogP contribution in [0, 0.1) is 0 Å². The quantitative estimate of drug-likeness (QED) is 0.711. The Morgan fingerprint density at radius 3 is 2.22 bits per heavy atom. The van der Waals surface area contributed by atoms with Crippen molar-refractivity contribution in [1.82, 2.24) is 0 Å². The summed E-state index contributed by atoms with van der Waals surface area (Å²) in [4.78, 5) is 0. The van der Waals surface area contributed by atoms with Crippen molar-refractivity contribution in [3.05, 3.63) is 35.4 Å². The lowest BCUT2D eigenvalue weighted by Gasteiger charge is -2.17. The van der Waals surface area contributed by atoms with E-state index < -0.39 is 0 Å². The van der Waals surface area contributed by atoms with Crippen molar-refractivity contribution in [2.75, 3.05) is 0 Å². The van der Waals surface area contributed by atoms with E-state index in [1.54, 1.807) is 0 Å². The van der Waals surface area contributed by atoms with E-state index in [2.05, 4.69) is 45.0 Å². The van der Waals surface area contributed by atoms with Crippen molar-refractivity contribution >= 4 is 0 Å². The summed E-state index contributed by atoms with van der Waals surface area (Å²) in [7, 11) is 0. The highest BCUT2D eigenvalue weighted by Gasteiger charge is 2.10. The molecule has 0 radical (unpaired) electrons. The minimum Gasteiger partial charge on any atom is -0.328 e. The molecule has 0 aromatic heterocycles. The Balaban J connectivity index is 2.57. The second kappa shape index (κ2) is 8.31. The van der Waals surface area contributed by atoms with E-state index in [4.69, 9.17) is 5.73 Å². The van der Waals surface area contributed by atoms with Gasteiger partial charge in [0.1, 0.15) is 0 Å². The molecule has 1 aromatic carbocycles. The number of hydrogen-bond acceptors (Lipinski definition) is 1. The smallest absolute Gasteiger partial charge is 0.00106 e. The van der Waals surface area contributed by atoms with E-state index in [1.165, 1.54) is 43.2 Å². The summed E-state index contributed by atoms with van der Waals surface area (Å²) in [6, 6.07) is 9.57. The molecule has 0 aliphatic heterocycles. The Hall–Kier alpha value is -0.820. The molecule has 2 N–H and O–H groups in total. The maximum atomic E-state index is 5.85. The molecular weight excluding hydrogens is 218 g/mol. The van der Waals surface area contributed by atoms with Crippen LogP contribution in [0.1, 0.15) is 69.9 Å². The number of nitrogens with two attached hydrogens (primary N) is 1. The van der Waals surface area contributed by atoms with Crippen LogP contribution >= 0.6 is 0 Å². The van der Waals surface area contributed by atoms with Crippen molar-refractivity contribution in [2.24, 2.45) is 5.73 Å². The minimum absolute atomic E-state index is 0.322. The third kappa shape index (κ3) is 5.22. The zero-order valence-electron chi connectivity index (χ0n) is 12.3. The van der Waals surface area contributed by atoms with Crippen LogP contribution < -0.4 is 5.73 Å². The van der Waals surface area contributed by atoms with Crippen LogP contribution in [0.4, 0.5) is 0 Å². The SMILES string of the molecule is CCCCc1ccc(C(CC)CCC(C)N)cc1. The van der Waals surface area contributed by atoms with Crippen molar-refractivity contribution in [1.29, 1.82) is 0 Å². The van der Waals surface area contributed by atoms with E-state index in [-0.39, 0.29) is 0 Å². The molecule has 0 fully saturated rings. The van der Waals surface area contributed by atoms with Crippen LogP contribution in [0.25, 0.3) is 0 Å². The van der Waals surface area contributed by atoms with Crippen LogP contribution in [-0.2, 0) is 6.42 Å². The lowest BCUT2D eigenvalue weighted by Crippen LogP contribution is -2.15. The Labute approximate surface area is 113 Å². The fourth-order valence-electron chi connectivity index (χ4n) is 2.41. The van der Waals surface area contributed by atoms with Crippen LogP contribution in [0.3, 0.4) is 0 Å². The van der Waals surface area contributed by atoms with Gasteiger partial charge in [-0.25, -0.2) is 0 Å². The lowest BCUT2D eigenvalue weighted by molar-refractivity contribution is 0.532. The summed E-state index contributed by atoms with van der Waals surface area (Å²) in [6.07, 6.45) is 7.32. The van der Waals surface area contributed by atoms with Crippen molar-refractivity contribution < 1.29 is 0 Å². The fourth-order valence-corrected chi connectivity index (χ4v) is 2.41. The van der Waals surface area contributed by atoms with E-state index >= 15 is 0 Å². The molecule has 0 saturated carbocycles. The first-order valence-electron chi connectivity index (χ1n) is 7.51. The summed E-state index contributed by atoms with van der Waals surface area (Å²) in [5.74, 6) is 0.677. The monoisotopic (exact) mass is 247 g/mol. The predicted octanol–water partition coefficient (Wildman–Crippen LogP) is 4.65. The largest absolute Gasteiger partial charge is 0.328 e. The van der Waals surface area contributed by atoms with Crippen LogP contribution in [0.2, 0.25) is 0 Å². The molecule has 18 heavy (non-hydrogen) atoms. The summed E-state index contributed by atoms with van der Waals surface area (Å²) < 4.78 is 0. The standard InChI is InChI=1S/C17H29N/c1-4-6-7-15-9-12-17(13-10-15)16(5-2)11-8-14(3)18/h9-10,12-14,16H,4-8,11,18H2,1-3H3. The second-order valence-electron chi connectivity index (χ2n) is 5.50. The molecular formula is C17H29N. The molecule has 1 rings (SSSR count). The normalized spacial score (nSPS) is 14.4. The van der Waals surface area contributed by atoms with E-state index in [9.17, 15) is 0 Å². The second-order valence-corrected chi connectivity index (χ2v) is 5.50. The summed E-state index contributed by atoms with van der Waals surface area (Å²) >= 11 is 0. The maximum absolute atomic E-state index is 5.85. The van der Waals surface area contributed by atoms with Crippen molar-refractivity contribution in [3.8, 4) is 0 Å². The summed E-state index contributed by atoms with van der Waals surface area (Å²) in [6.45, 7) is 6.62. The summed E-state index contributed by atoms with van der Waals surface area (Å²) in [5.41, 5.74) is 8.81. The zero-order chi connectivity index (χ0) is 13.4. The van der Waals surface area contributed by atoms with Gasteiger partial charge >= 0.3 is 0 Å². The summed E-state index contributed by atoms with van der Waals surface area (Å²) in [5, 5.41) is 0. The van der Waals surface area contributed by atoms with Gasteiger partial charge in [-0.1, -0.05) is 44.5 Å². The first-order valence-corrected chi connectivity index (χ1v) is 7.51. The van der Waals surface area contributed by atoms with Crippen LogP contribution in [-0.4, -0.2) is 6.04 Å². The topological polar surface area (TPSA) is 26.0 Å². The number of aryl methyl sites for hydroxylation is 1. The number of hydrogen-bond donors (Lipinski definition) is 1. The predicted molar refractivity (Wildman–Crippen MR) is 81.0 cm³/mol. The highest BCUT2D eigenvalue weighted by Crippen LogP contribution is 2.25. The Bertz CT molecular complexity index is 313. The first kappa shape index (κ1) is 15.2. The molecule has 0 aliphatic rings. The first-order chi connectivity index (χ1) is 8.67. The molecule has 0 amide bonds. The van der Waals surface area contributed by atoms with Crippen molar-refractivity contribution in [2.45, 2.75) is 71.3 Å². The van der Waals surface area contributed by atoms with E-state index in [1.807, 2.05) is 0 Å². The van der Waals surface area contributed by atoms with Gasteiger partial charge in [-0.15, -0.1) is 0 Å². The molecule has 0 spiro atoms. The average molecular weight is 247 g/mol. The zero-order valence-corrected chi connectivity index (χ0v) is 12.3. The minimum atomic E-state index is 0.322. The van der Waals surface area contributed by atoms with E-state index in [0.29, 0.717) is 12.0 Å². The van der Waals surface area contributed by atoms with Crippen molar-refractivity contribution in [3.63, 3.8) is 0 Å². The van der Waals surface area contributed by atoms with Crippen LogP contribution in [0.15, 0.2) is 24.3 Å². The van der Waals surface area contributed by atoms with Gasteiger partial charge < -0.3 is 5.73 Å². The van der Waals surface area contributed by atoms with E-state index in [0.717, 1.165) is 6.42 Å². The lowest BCUT2D eigenvalue weighted by atomic mass is 9.90. The van der Waals surface area contributed by atoms with Gasteiger partial charge in [-0.3, -0.25) is 0 Å². The molecule has 0 aliphatic carbocycles. The van der Waals surface area contributed by atoms with Gasteiger partial charge in [0.15, 0.2) is 0 Å². The van der Waals surface area contributed by atoms with Gasteiger partial charge in [0.2, 0.25) is 0 Å². The van der Waals surface area contributed by atoms with Gasteiger partial charge in [0.25, 0.3) is 0 Å². The Morgan fingerprint density at radius 1 is 1.06 bits per heavy atom. The molecule has 0 saturated heterocycles.